The summed E-state index contributed by atoms with van der Waals surface area (Å²) in [5, 5.41) is 0. The molecule has 1 rings (SSSR count). The molecule has 0 aromatic heterocycles. The SMILES string of the molecule is [2H][C@@H]1CN(C(=O)CC(C)C)C[C@H]1F. The Balaban J connectivity index is 2.42. The lowest BCUT2D eigenvalue weighted by molar-refractivity contribution is -0.131. The molecule has 0 radical (unpaired) electrons. The van der Waals surface area contributed by atoms with Gasteiger partial charge >= 0.3 is 0 Å². The molecule has 1 fully saturated rings. The van der Waals surface area contributed by atoms with Crippen molar-refractivity contribution in [1.29, 1.82) is 0 Å². The topological polar surface area (TPSA) is 20.3 Å². The number of carbonyl (C=O) groups is 1. The molecule has 3 heteroatoms. The van der Waals surface area contributed by atoms with Crippen molar-refractivity contribution in [3.05, 3.63) is 0 Å². The second kappa shape index (κ2) is 3.87. The maximum Gasteiger partial charge on any atom is 0.222 e. The molecule has 0 aromatic carbocycles. The fourth-order valence-electron chi connectivity index (χ4n) is 1.28. The van der Waals surface area contributed by atoms with Gasteiger partial charge in [0, 0.05) is 14.3 Å². The van der Waals surface area contributed by atoms with Crippen LogP contribution in [0.25, 0.3) is 0 Å². The van der Waals surface area contributed by atoms with Crippen molar-refractivity contribution in [2.75, 3.05) is 13.1 Å². The Morgan fingerprint density at radius 3 is 2.92 bits per heavy atom. The lowest BCUT2D eigenvalue weighted by atomic mass is 10.1. The predicted octanol–water partition coefficient (Wildman–Crippen LogP) is 1.60. The summed E-state index contributed by atoms with van der Waals surface area (Å²) in [6.07, 6.45) is -1.44. The lowest BCUT2D eigenvalue weighted by Gasteiger charge is -2.16. The Morgan fingerprint density at radius 1 is 1.83 bits per heavy atom. The maximum absolute atomic E-state index is 12.9. The van der Waals surface area contributed by atoms with Crippen molar-refractivity contribution in [3.8, 4) is 0 Å². The Morgan fingerprint density at radius 2 is 2.50 bits per heavy atom. The van der Waals surface area contributed by atoms with E-state index in [0.717, 1.165) is 0 Å². The Bertz CT molecular complexity index is 188. The molecular formula is C9H16FNO. The van der Waals surface area contributed by atoms with Crippen molar-refractivity contribution in [3.63, 3.8) is 0 Å². The summed E-state index contributed by atoms with van der Waals surface area (Å²) in [5.74, 6) is 0.280. The first-order valence-electron chi connectivity index (χ1n) is 4.92. The van der Waals surface area contributed by atoms with Gasteiger partial charge in [-0.15, -0.1) is 0 Å². The van der Waals surface area contributed by atoms with Crippen LogP contribution in [0.3, 0.4) is 0 Å². The van der Waals surface area contributed by atoms with Crippen LogP contribution in [0.4, 0.5) is 4.39 Å². The molecule has 0 N–H and O–H groups in total. The van der Waals surface area contributed by atoms with E-state index in [1.165, 1.54) is 4.90 Å². The second-order valence-corrected chi connectivity index (χ2v) is 3.65. The molecule has 70 valence electrons. The minimum atomic E-state index is -1.16. The summed E-state index contributed by atoms with van der Waals surface area (Å²) in [4.78, 5) is 12.9. The minimum absolute atomic E-state index is 0.0209. The summed E-state index contributed by atoms with van der Waals surface area (Å²) in [5.41, 5.74) is 0. The van der Waals surface area contributed by atoms with E-state index >= 15 is 0 Å². The van der Waals surface area contributed by atoms with Gasteiger partial charge in [-0.2, -0.15) is 0 Å². The summed E-state index contributed by atoms with van der Waals surface area (Å²) < 4.78 is 20.2. The van der Waals surface area contributed by atoms with Gasteiger partial charge in [-0.1, -0.05) is 13.8 Å². The van der Waals surface area contributed by atoms with Crippen LogP contribution in [0.15, 0.2) is 0 Å². The number of likely N-dealkylation sites (tertiary alicyclic amines) is 1. The van der Waals surface area contributed by atoms with Gasteiger partial charge in [0.15, 0.2) is 0 Å². The first-order chi connectivity index (χ1) is 6.00. The smallest absolute Gasteiger partial charge is 0.222 e. The zero-order chi connectivity index (χ0) is 10.0. The highest BCUT2D eigenvalue weighted by Gasteiger charge is 2.25. The van der Waals surface area contributed by atoms with E-state index in [4.69, 9.17) is 1.37 Å². The van der Waals surface area contributed by atoms with Crippen LogP contribution in [-0.4, -0.2) is 30.1 Å². The normalized spacial score (nSPS) is 31.0. The van der Waals surface area contributed by atoms with E-state index in [9.17, 15) is 9.18 Å². The summed E-state index contributed by atoms with van der Waals surface area (Å²) >= 11 is 0. The molecule has 1 heterocycles. The molecule has 2 atom stereocenters. The van der Waals surface area contributed by atoms with Gasteiger partial charge in [0.2, 0.25) is 5.91 Å². The molecule has 0 saturated carbocycles. The Kier molecular flexibility index (Phi) is 2.59. The highest BCUT2D eigenvalue weighted by Crippen LogP contribution is 2.14. The largest absolute Gasteiger partial charge is 0.340 e. The van der Waals surface area contributed by atoms with Crippen molar-refractivity contribution in [2.24, 2.45) is 5.92 Å². The molecule has 1 amide bonds. The third-order valence-corrected chi connectivity index (χ3v) is 1.91. The summed E-state index contributed by atoms with van der Waals surface area (Å²) in [7, 11) is 0. The molecular weight excluding hydrogens is 157 g/mol. The molecule has 2 nitrogen and oxygen atoms in total. The van der Waals surface area contributed by atoms with E-state index in [1.807, 2.05) is 13.8 Å². The quantitative estimate of drug-likeness (QED) is 0.622. The van der Waals surface area contributed by atoms with Crippen molar-refractivity contribution in [2.45, 2.75) is 32.8 Å². The number of nitrogens with zero attached hydrogens (tertiary/aromatic N) is 1. The molecule has 0 aliphatic carbocycles. The lowest BCUT2D eigenvalue weighted by Crippen LogP contribution is -2.29. The summed E-state index contributed by atoms with van der Waals surface area (Å²) in [6, 6.07) is 0. The average molecular weight is 174 g/mol. The van der Waals surface area contributed by atoms with E-state index in [0.29, 0.717) is 12.3 Å². The van der Waals surface area contributed by atoms with Gasteiger partial charge in [0.05, 0.1) is 6.54 Å². The number of rotatable bonds is 2. The third-order valence-electron chi connectivity index (χ3n) is 1.91. The van der Waals surface area contributed by atoms with Crippen molar-refractivity contribution < 1.29 is 10.6 Å². The fourth-order valence-corrected chi connectivity index (χ4v) is 1.28. The van der Waals surface area contributed by atoms with Gasteiger partial charge in [-0.25, -0.2) is 4.39 Å². The van der Waals surface area contributed by atoms with Crippen molar-refractivity contribution >= 4 is 5.91 Å². The van der Waals surface area contributed by atoms with Gasteiger partial charge in [0.1, 0.15) is 6.17 Å². The third kappa shape index (κ3) is 2.47. The van der Waals surface area contributed by atoms with Crippen LogP contribution in [0.2, 0.25) is 0 Å². The van der Waals surface area contributed by atoms with Gasteiger partial charge < -0.3 is 4.90 Å². The molecule has 0 unspecified atom stereocenters. The highest BCUT2D eigenvalue weighted by atomic mass is 19.1. The standard InChI is InChI=1S/C9H16FNO/c1-7(2)5-9(12)11-4-3-8(10)6-11/h7-8H,3-6H2,1-2H3/t8-/m0/s1/i3D/t3-,8+/m1. The van der Waals surface area contributed by atoms with Crippen LogP contribution >= 0.6 is 0 Å². The van der Waals surface area contributed by atoms with E-state index in [1.54, 1.807) is 0 Å². The maximum atomic E-state index is 12.9. The first kappa shape index (κ1) is 8.02. The average Bonchev–Trinajstić information content (AvgIpc) is 2.31. The number of carbonyl (C=O) groups excluding carboxylic acids is 1. The van der Waals surface area contributed by atoms with E-state index in [-0.39, 0.29) is 19.0 Å². The Hall–Kier alpha value is -0.600. The number of amides is 1. The molecule has 0 bridgehead atoms. The van der Waals surface area contributed by atoms with Gasteiger partial charge in [-0.05, 0) is 12.3 Å². The number of halogens is 1. The predicted molar refractivity (Wildman–Crippen MR) is 45.5 cm³/mol. The molecule has 1 aliphatic rings. The van der Waals surface area contributed by atoms with Crippen LogP contribution in [0.1, 0.15) is 28.0 Å². The van der Waals surface area contributed by atoms with Crippen LogP contribution < -0.4 is 0 Å². The minimum Gasteiger partial charge on any atom is -0.340 e. The number of hydrogen-bond donors (Lipinski definition) is 0. The zero-order valence-corrected chi connectivity index (χ0v) is 7.59. The summed E-state index contributed by atoms with van der Waals surface area (Å²) in [6.45, 7) is 4.28. The molecule has 0 aromatic rings. The number of hydrogen-bond acceptors (Lipinski definition) is 1. The molecule has 1 aliphatic heterocycles. The van der Waals surface area contributed by atoms with Gasteiger partial charge in [-0.3, -0.25) is 4.79 Å². The van der Waals surface area contributed by atoms with E-state index in [2.05, 4.69) is 0 Å². The van der Waals surface area contributed by atoms with Crippen LogP contribution in [0.5, 0.6) is 0 Å². The van der Waals surface area contributed by atoms with Gasteiger partial charge in [0.25, 0.3) is 0 Å². The van der Waals surface area contributed by atoms with Crippen molar-refractivity contribution in [1.82, 2.24) is 4.90 Å². The zero-order valence-electron chi connectivity index (χ0n) is 8.59. The Labute approximate surface area is 74.1 Å². The fraction of sp³-hybridized carbons (Fsp3) is 0.889. The first-order valence-corrected chi connectivity index (χ1v) is 4.34. The number of alkyl halides is 1. The second-order valence-electron chi connectivity index (χ2n) is 3.65. The monoisotopic (exact) mass is 174 g/mol. The molecule has 1 saturated heterocycles. The highest BCUT2D eigenvalue weighted by molar-refractivity contribution is 5.76. The van der Waals surface area contributed by atoms with Crippen LogP contribution in [0, 0.1) is 5.92 Å². The molecule has 0 spiro atoms. The molecule has 12 heavy (non-hydrogen) atoms. The van der Waals surface area contributed by atoms with Crippen LogP contribution in [-0.2, 0) is 4.79 Å². The van der Waals surface area contributed by atoms with E-state index < -0.39 is 12.6 Å².